The molecule has 1 heterocycles. The highest BCUT2D eigenvalue weighted by molar-refractivity contribution is 5.95. The van der Waals surface area contributed by atoms with E-state index in [-0.39, 0.29) is 18.8 Å². The zero-order valence-corrected chi connectivity index (χ0v) is 19.3. The van der Waals surface area contributed by atoms with Gasteiger partial charge in [-0.1, -0.05) is 13.8 Å². The summed E-state index contributed by atoms with van der Waals surface area (Å²) < 4.78 is 0. The standard InChI is InChI=1S/C20H31N7O8/c1-9(2)3-12(25-17(31)11(21)5-15(22)28)18(32)26-13(4-10-7-23-8-24-10)19(33)27-14(20(34)35)6-16(29)30/h7-9,11-14H,3-6,21H2,1-2H3,(H2,22,28)(H,23,24)(H,25,31)(H,26,32)(H,27,33)(H,29,30)(H,34,35). The Bertz CT molecular complexity index is 919. The number of imidazole rings is 1. The average molecular weight is 498 g/mol. The van der Waals surface area contributed by atoms with Gasteiger partial charge in [0, 0.05) is 18.3 Å². The van der Waals surface area contributed by atoms with Crippen molar-refractivity contribution < 1.29 is 39.0 Å². The van der Waals surface area contributed by atoms with Crippen LogP contribution in [0.15, 0.2) is 12.5 Å². The van der Waals surface area contributed by atoms with Crippen LogP contribution in [0.2, 0.25) is 0 Å². The minimum absolute atomic E-state index is 0.0785. The van der Waals surface area contributed by atoms with Crippen molar-refractivity contribution in [2.24, 2.45) is 17.4 Å². The molecule has 15 heteroatoms. The first kappa shape index (κ1) is 29.0. The van der Waals surface area contributed by atoms with Gasteiger partial charge in [-0.15, -0.1) is 0 Å². The summed E-state index contributed by atoms with van der Waals surface area (Å²) in [6.07, 6.45) is 1.41. The number of nitrogens with zero attached hydrogens (tertiary/aromatic N) is 1. The molecule has 1 rings (SSSR count). The smallest absolute Gasteiger partial charge is 0.326 e. The number of aromatic nitrogens is 2. The molecule has 0 bridgehead atoms. The molecule has 4 unspecified atom stereocenters. The van der Waals surface area contributed by atoms with E-state index in [1.54, 1.807) is 13.8 Å². The van der Waals surface area contributed by atoms with Crippen molar-refractivity contribution in [3.63, 3.8) is 0 Å². The summed E-state index contributed by atoms with van der Waals surface area (Å²) >= 11 is 0. The van der Waals surface area contributed by atoms with Crippen LogP contribution in [0.5, 0.6) is 0 Å². The topological polar surface area (TPSA) is 260 Å². The van der Waals surface area contributed by atoms with Crippen LogP contribution in [-0.4, -0.2) is 79.9 Å². The molecule has 35 heavy (non-hydrogen) atoms. The first-order chi connectivity index (χ1) is 16.3. The third-order valence-corrected chi connectivity index (χ3v) is 4.70. The highest BCUT2D eigenvalue weighted by Crippen LogP contribution is 2.08. The minimum Gasteiger partial charge on any atom is -0.481 e. The Kier molecular flexibility index (Phi) is 11.3. The first-order valence-electron chi connectivity index (χ1n) is 10.7. The predicted octanol–water partition coefficient (Wildman–Crippen LogP) is -2.79. The number of hydrogen-bond donors (Lipinski definition) is 8. The van der Waals surface area contributed by atoms with E-state index in [9.17, 15) is 33.9 Å². The lowest BCUT2D eigenvalue weighted by Gasteiger charge is -2.25. The van der Waals surface area contributed by atoms with E-state index in [1.165, 1.54) is 12.5 Å². The number of hydrogen-bond acceptors (Lipinski definition) is 8. The van der Waals surface area contributed by atoms with Crippen LogP contribution < -0.4 is 27.4 Å². The summed E-state index contributed by atoms with van der Waals surface area (Å²) in [5.74, 6) is -6.43. The van der Waals surface area contributed by atoms with E-state index >= 15 is 0 Å². The SMILES string of the molecule is CC(C)CC(NC(=O)C(N)CC(N)=O)C(=O)NC(Cc1cnc[nH]1)C(=O)NC(CC(=O)O)C(=O)O. The van der Waals surface area contributed by atoms with Gasteiger partial charge in [-0.2, -0.15) is 0 Å². The average Bonchev–Trinajstić information content (AvgIpc) is 3.24. The van der Waals surface area contributed by atoms with Crippen molar-refractivity contribution in [1.82, 2.24) is 25.9 Å². The number of H-pyrrole nitrogens is 1. The number of primary amides is 1. The first-order valence-corrected chi connectivity index (χ1v) is 10.7. The van der Waals surface area contributed by atoms with Crippen LogP contribution in [0, 0.1) is 5.92 Å². The lowest BCUT2D eigenvalue weighted by Crippen LogP contribution is -2.58. The second kappa shape index (κ2) is 13.6. The summed E-state index contributed by atoms with van der Waals surface area (Å²) in [4.78, 5) is 78.1. The number of nitrogens with one attached hydrogen (secondary N) is 4. The van der Waals surface area contributed by atoms with Crippen LogP contribution in [-0.2, 0) is 35.2 Å². The van der Waals surface area contributed by atoms with Crippen molar-refractivity contribution >= 4 is 35.6 Å². The van der Waals surface area contributed by atoms with Crippen LogP contribution >= 0.6 is 0 Å². The maximum Gasteiger partial charge on any atom is 0.326 e. The van der Waals surface area contributed by atoms with Gasteiger partial charge < -0.3 is 42.6 Å². The van der Waals surface area contributed by atoms with Crippen molar-refractivity contribution in [1.29, 1.82) is 0 Å². The van der Waals surface area contributed by atoms with Gasteiger partial charge in [-0.25, -0.2) is 9.78 Å². The van der Waals surface area contributed by atoms with Crippen molar-refractivity contribution in [2.75, 3.05) is 0 Å². The fourth-order valence-corrected chi connectivity index (χ4v) is 3.04. The molecule has 0 aliphatic heterocycles. The molecule has 194 valence electrons. The Hall–Kier alpha value is -4.01. The fraction of sp³-hybridized carbons (Fsp3) is 0.550. The Labute approximate surface area is 200 Å². The number of carbonyl (C=O) groups excluding carboxylic acids is 4. The summed E-state index contributed by atoms with van der Waals surface area (Å²) in [6.45, 7) is 3.57. The van der Waals surface area contributed by atoms with Gasteiger partial charge in [-0.3, -0.25) is 24.0 Å². The molecule has 1 aromatic rings. The second-order valence-electron chi connectivity index (χ2n) is 8.31. The van der Waals surface area contributed by atoms with Gasteiger partial charge in [0.05, 0.1) is 25.2 Å². The number of carboxylic acids is 2. The molecule has 1 aromatic heterocycles. The highest BCUT2D eigenvalue weighted by atomic mass is 16.4. The van der Waals surface area contributed by atoms with Crippen LogP contribution in [0.3, 0.4) is 0 Å². The quantitative estimate of drug-likeness (QED) is 0.123. The maximum absolute atomic E-state index is 13.0. The number of aliphatic carboxylic acids is 2. The molecular formula is C20H31N7O8. The van der Waals surface area contributed by atoms with Gasteiger partial charge >= 0.3 is 11.9 Å². The molecule has 0 spiro atoms. The Morgan fingerprint density at radius 1 is 0.943 bits per heavy atom. The Balaban J connectivity index is 3.08. The fourth-order valence-electron chi connectivity index (χ4n) is 3.04. The van der Waals surface area contributed by atoms with Gasteiger partial charge in [0.1, 0.15) is 18.1 Å². The number of amides is 4. The van der Waals surface area contributed by atoms with Gasteiger partial charge in [-0.05, 0) is 12.3 Å². The van der Waals surface area contributed by atoms with Crippen LogP contribution in [0.25, 0.3) is 0 Å². The van der Waals surface area contributed by atoms with Gasteiger partial charge in [0.25, 0.3) is 0 Å². The van der Waals surface area contributed by atoms with Gasteiger partial charge in [0.15, 0.2) is 0 Å². The minimum atomic E-state index is -1.74. The van der Waals surface area contributed by atoms with Crippen molar-refractivity contribution in [3.8, 4) is 0 Å². The molecule has 4 atom stereocenters. The Morgan fingerprint density at radius 2 is 1.51 bits per heavy atom. The lowest BCUT2D eigenvalue weighted by molar-refractivity contribution is -0.147. The molecule has 0 saturated carbocycles. The summed E-state index contributed by atoms with van der Waals surface area (Å²) in [5.41, 5.74) is 11.1. The molecule has 0 saturated heterocycles. The molecule has 10 N–H and O–H groups in total. The zero-order valence-electron chi connectivity index (χ0n) is 19.3. The second-order valence-corrected chi connectivity index (χ2v) is 8.31. The van der Waals surface area contributed by atoms with Crippen LogP contribution in [0.4, 0.5) is 0 Å². The van der Waals surface area contributed by atoms with E-state index in [4.69, 9.17) is 16.6 Å². The summed E-state index contributed by atoms with van der Waals surface area (Å²) in [5, 5.41) is 25.1. The largest absolute Gasteiger partial charge is 0.481 e. The third-order valence-electron chi connectivity index (χ3n) is 4.70. The van der Waals surface area contributed by atoms with Crippen LogP contribution in [0.1, 0.15) is 38.8 Å². The lowest BCUT2D eigenvalue weighted by atomic mass is 10.0. The molecule has 4 amide bonds. The highest BCUT2D eigenvalue weighted by Gasteiger charge is 2.32. The normalized spacial score (nSPS) is 14.3. The number of aromatic amines is 1. The molecule has 0 aromatic carbocycles. The molecule has 15 nitrogen and oxygen atoms in total. The van der Waals surface area contributed by atoms with Crippen molar-refractivity contribution in [2.45, 2.75) is 63.7 Å². The maximum atomic E-state index is 13.0. The monoisotopic (exact) mass is 497 g/mol. The number of rotatable bonds is 15. The van der Waals surface area contributed by atoms with Crippen molar-refractivity contribution in [3.05, 3.63) is 18.2 Å². The predicted molar refractivity (Wildman–Crippen MR) is 119 cm³/mol. The zero-order chi connectivity index (χ0) is 26.7. The molecular weight excluding hydrogens is 466 g/mol. The molecule has 0 fully saturated rings. The Morgan fingerprint density at radius 3 is 2.00 bits per heavy atom. The summed E-state index contributed by atoms with van der Waals surface area (Å²) in [6, 6.07) is -5.51. The van der Waals surface area contributed by atoms with E-state index in [0.717, 1.165) is 0 Å². The number of carboxylic acid groups (broad SMARTS) is 2. The van der Waals surface area contributed by atoms with E-state index in [0.29, 0.717) is 5.69 Å². The third kappa shape index (κ3) is 10.6. The van der Waals surface area contributed by atoms with E-state index < -0.39 is 72.6 Å². The number of nitrogens with two attached hydrogens (primary N) is 2. The molecule has 0 radical (unpaired) electrons. The molecule has 0 aliphatic rings. The van der Waals surface area contributed by atoms with Gasteiger partial charge in [0.2, 0.25) is 23.6 Å². The van der Waals surface area contributed by atoms with E-state index in [2.05, 4.69) is 25.9 Å². The van der Waals surface area contributed by atoms with E-state index in [1.807, 2.05) is 0 Å². The number of carbonyl (C=O) groups is 6. The summed E-state index contributed by atoms with van der Waals surface area (Å²) in [7, 11) is 0. The molecule has 0 aliphatic carbocycles.